The van der Waals surface area contributed by atoms with Gasteiger partial charge in [-0.3, -0.25) is 9.48 Å². The number of nitrogens with zero attached hydrogens (tertiary/aromatic N) is 2. The molecule has 0 aliphatic heterocycles. The summed E-state index contributed by atoms with van der Waals surface area (Å²) in [6.07, 6.45) is 7.47. The number of aromatic nitrogens is 2. The molecule has 1 aliphatic rings. The number of carbonyl (C=O) groups excluding carboxylic acids is 1. The van der Waals surface area contributed by atoms with E-state index in [9.17, 15) is 9.59 Å². The Hall–Kier alpha value is -1.72. The van der Waals surface area contributed by atoms with E-state index < -0.39 is 11.5 Å². The van der Waals surface area contributed by atoms with Gasteiger partial charge in [0.15, 0.2) is 0 Å². The Morgan fingerprint density at radius 3 is 2.62 bits per heavy atom. The molecule has 1 aromatic carbocycles. The molecule has 0 atom stereocenters. The quantitative estimate of drug-likeness (QED) is 0.687. The fraction of sp³-hybridized carbons (Fsp3) is 0.474. The predicted octanol–water partition coefficient (Wildman–Crippen LogP) is 4.70. The van der Waals surface area contributed by atoms with Crippen LogP contribution in [-0.2, 0) is 11.3 Å². The molecule has 0 radical (unpaired) electrons. The second-order valence-electron chi connectivity index (χ2n) is 6.60. The van der Waals surface area contributed by atoms with E-state index in [4.69, 9.17) is 27.9 Å². The molecule has 1 fully saturated rings. The van der Waals surface area contributed by atoms with Gasteiger partial charge in [-0.25, -0.2) is 9.48 Å². The maximum atomic E-state index is 12.9. The minimum atomic E-state index is -0.612. The second kappa shape index (κ2) is 8.31. The molecule has 1 heterocycles. The summed E-state index contributed by atoms with van der Waals surface area (Å²) in [6, 6.07) is 4.96. The Morgan fingerprint density at radius 2 is 1.96 bits per heavy atom. The van der Waals surface area contributed by atoms with Crippen LogP contribution in [0.4, 0.5) is 0 Å². The zero-order valence-corrected chi connectivity index (χ0v) is 16.2. The lowest BCUT2D eigenvalue weighted by Gasteiger charge is -2.23. The van der Waals surface area contributed by atoms with Crippen LogP contribution in [0.1, 0.15) is 49.4 Å². The molecule has 5 nitrogen and oxygen atoms in total. The van der Waals surface area contributed by atoms with Crippen molar-refractivity contribution in [1.82, 2.24) is 9.36 Å². The molecule has 140 valence electrons. The highest BCUT2D eigenvalue weighted by atomic mass is 35.5. The third-order valence-corrected chi connectivity index (χ3v) is 5.30. The molecule has 1 saturated carbocycles. The summed E-state index contributed by atoms with van der Waals surface area (Å²) >= 11 is 12.3. The third-order valence-electron chi connectivity index (χ3n) is 4.76. The van der Waals surface area contributed by atoms with Gasteiger partial charge in [0.1, 0.15) is 5.56 Å². The van der Waals surface area contributed by atoms with Gasteiger partial charge < -0.3 is 4.74 Å². The SMILES string of the molecule is CCOC(=O)c1cn(CC2CCCCC2)n(-c2ccc(Cl)cc2Cl)c1=O. The standard InChI is InChI=1S/C19H22Cl2N2O3/c1-2-26-19(25)15-12-22(11-13-6-4-3-5-7-13)23(18(15)24)17-9-8-14(20)10-16(17)21/h8-10,12-13H,2-7,11H2,1H3. The van der Waals surface area contributed by atoms with E-state index in [1.807, 2.05) is 0 Å². The predicted molar refractivity (Wildman–Crippen MR) is 103 cm³/mol. The Bertz CT molecular complexity index is 851. The summed E-state index contributed by atoms with van der Waals surface area (Å²) in [5.41, 5.74) is 0.101. The van der Waals surface area contributed by atoms with E-state index in [1.165, 1.54) is 23.9 Å². The first-order valence-corrected chi connectivity index (χ1v) is 9.72. The van der Waals surface area contributed by atoms with Crippen molar-refractivity contribution in [2.45, 2.75) is 45.6 Å². The molecule has 0 saturated heterocycles. The van der Waals surface area contributed by atoms with Crippen molar-refractivity contribution < 1.29 is 9.53 Å². The number of carbonyl (C=O) groups is 1. The molecule has 0 bridgehead atoms. The fourth-order valence-corrected chi connectivity index (χ4v) is 4.00. The Kier molecular flexibility index (Phi) is 6.09. The third kappa shape index (κ3) is 3.99. The van der Waals surface area contributed by atoms with Crippen molar-refractivity contribution in [3.63, 3.8) is 0 Å². The molecular formula is C19H22Cl2N2O3. The van der Waals surface area contributed by atoms with Crippen LogP contribution in [0.15, 0.2) is 29.2 Å². The van der Waals surface area contributed by atoms with Crippen molar-refractivity contribution in [3.8, 4) is 5.69 Å². The largest absolute Gasteiger partial charge is 0.462 e. The summed E-state index contributed by atoms with van der Waals surface area (Å²) in [4.78, 5) is 25.1. The number of halogens is 2. The van der Waals surface area contributed by atoms with Crippen molar-refractivity contribution in [2.24, 2.45) is 5.92 Å². The number of benzene rings is 1. The lowest BCUT2D eigenvalue weighted by molar-refractivity contribution is 0.0524. The van der Waals surface area contributed by atoms with Gasteiger partial charge >= 0.3 is 5.97 Å². The van der Waals surface area contributed by atoms with Crippen molar-refractivity contribution in [3.05, 3.63) is 50.4 Å². The van der Waals surface area contributed by atoms with Gasteiger partial charge in [0, 0.05) is 17.8 Å². The van der Waals surface area contributed by atoms with Crippen LogP contribution >= 0.6 is 23.2 Å². The minimum Gasteiger partial charge on any atom is -0.462 e. The average Bonchev–Trinajstić information content (AvgIpc) is 2.93. The molecule has 3 rings (SSSR count). The van der Waals surface area contributed by atoms with E-state index in [2.05, 4.69) is 0 Å². The van der Waals surface area contributed by atoms with Crippen LogP contribution in [0.5, 0.6) is 0 Å². The highest BCUT2D eigenvalue weighted by molar-refractivity contribution is 6.35. The topological polar surface area (TPSA) is 53.2 Å². The molecule has 0 N–H and O–H groups in total. The van der Waals surface area contributed by atoms with Gasteiger partial charge in [-0.2, -0.15) is 0 Å². The number of rotatable bonds is 5. The smallest absolute Gasteiger partial charge is 0.345 e. The van der Waals surface area contributed by atoms with Crippen molar-refractivity contribution in [2.75, 3.05) is 6.61 Å². The van der Waals surface area contributed by atoms with Crippen molar-refractivity contribution in [1.29, 1.82) is 0 Å². The molecule has 1 aliphatic carbocycles. The molecule has 7 heteroatoms. The first-order valence-electron chi connectivity index (χ1n) is 8.96. The minimum absolute atomic E-state index is 0.0219. The van der Waals surface area contributed by atoms with Crippen LogP contribution < -0.4 is 5.56 Å². The zero-order valence-electron chi connectivity index (χ0n) is 14.7. The molecule has 0 unspecified atom stereocenters. The van der Waals surface area contributed by atoms with Gasteiger partial charge in [-0.1, -0.05) is 42.5 Å². The Morgan fingerprint density at radius 1 is 1.23 bits per heavy atom. The van der Waals surface area contributed by atoms with Crippen LogP contribution in [0.25, 0.3) is 5.69 Å². The van der Waals surface area contributed by atoms with E-state index in [1.54, 1.807) is 36.0 Å². The maximum absolute atomic E-state index is 12.9. The highest BCUT2D eigenvalue weighted by Crippen LogP contribution is 2.27. The molecule has 0 spiro atoms. The van der Waals surface area contributed by atoms with Gasteiger partial charge in [-0.05, 0) is 43.9 Å². The van der Waals surface area contributed by atoms with Gasteiger partial charge in [0.25, 0.3) is 5.56 Å². The highest BCUT2D eigenvalue weighted by Gasteiger charge is 2.23. The lowest BCUT2D eigenvalue weighted by Crippen LogP contribution is -2.26. The van der Waals surface area contributed by atoms with E-state index in [0.717, 1.165) is 12.8 Å². The summed E-state index contributed by atoms with van der Waals surface area (Å²) < 4.78 is 8.28. The van der Waals surface area contributed by atoms with Gasteiger partial charge in [0.05, 0.1) is 17.3 Å². The molecule has 1 aromatic heterocycles. The van der Waals surface area contributed by atoms with E-state index >= 15 is 0 Å². The number of hydrogen-bond acceptors (Lipinski definition) is 3. The van der Waals surface area contributed by atoms with E-state index in [-0.39, 0.29) is 12.2 Å². The first-order chi connectivity index (χ1) is 12.5. The molecule has 26 heavy (non-hydrogen) atoms. The Balaban J connectivity index is 2.06. The van der Waals surface area contributed by atoms with Crippen LogP contribution in [-0.4, -0.2) is 21.9 Å². The van der Waals surface area contributed by atoms with Crippen LogP contribution in [0.3, 0.4) is 0 Å². The van der Waals surface area contributed by atoms with E-state index in [0.29, 0.717) is 28.2 Å². The zero-order chi connectivity index (χ0) is 18.7. The van der Waals surface area contributed by atoms with Crippen LogP contribution in [0.2, 0.25) is 10.0 Å². The monoisotopic (exact) mass is 396 g/mol. The Labute approximate surface area is 162 Å². The fourth-order valence-electron chi connectivity index (χ4n) is 3.51. The summed E-state index contributed by atoms with van der Waals surface area (Å²) in [6.45, 7) is 2.59. The lowest BCUT2D eigenvalue weighted by atomic mass is 9.89. The van der Waals surface area contributed by atoms with Gasteiger partial charge in [-0.15, -0.1) is 0 Å². The molecule has 2 aromatic rings. The molecular weight excluding hydrogens is 375 g/mol. The summed E-state index contributed by atoms with van der Waals surface area (Å²) in [7, 11) is 0. The average molecular weight is 397 g/mol. The van der Waals surface area contributed by atoms with Crippen LogP contribution in [0, 0.1) is 5.92 Å². The summed E-state index contributed by atoms with van der Waals surface area (Å²) in [5.74, 6) is -0.137. The van der Waals surface area contributed by atoms with Crippen molar-refractivity contribution >= 4 is 29.2 Å². The second-order valence-corrected chi connectivity index (χ2v) is 7.45. The number of hydrogen-bond donors (Lipinski definition) is 0. The maximum Gasteiger partial charge on any atom is 0.345 e. The molecule has 0 amide bonds. The number of esters is 1. The van der Waals surface area contributed by atoms with Gasteiger partial charge in [0.2, 0.25) is 0 Å². The normalized spacial score (nSPS) is 15.2. The first kappa shape index (κ1) is 19.1. The summed E-state index contributed by atoms with van der Waals surface area (Å²) in [5, 5.41) is 0.848. The number of ether oxygens (including phenoxy) is 1.